The monoisotopic (exact) mass is 265 g/mol. The van der Waals surface area contributed by atoms with Crippen molar-refractivity contribution in [3.63, 3.8) is 0 Å². The average molecular weight is 264 g/mol. The molecule has 0 atom stereocenters. The molecule has 0 aromatic heterocycles. The second-order valence-electron chi connectivity index (χ2n) is 2.45. The molecule has 1 aromatic carbocycles. The molecule has 0 aliphatic rings. The molecule has 0 aliphatic heterocycles. The molecule has 0 saturated carbocycles. The van der Waals surface area contributed by atoms with Crippen molar-refractivity contribution in [3.05, 3.63) is 30.3 Å². The third-order valence-electron chi connectivity index (χ3n) is 1.43. The van der Waals surface area contributed by atoms with Gasteiger partial charge < -0.3 is 0 Å². The van der Waals surface area contributed by atoms with Crippen LogP contribution in [0.25, 0.3) is 0 Å². The van der Waals surface area contributed by atoms with Crippen molar-refractivity contribution in [2.45, 2.75) is 13.8 Å². The van der Waals surface area contributed by atoms with E-state index in [0.717, 1.165) is 4.16 Å². The van der Waals surface area contributed by atoms with Crippen molar-refractivity contribution in [2.24, 2.45) is 0 Å². The van der Waals surface area contributed by atoms with Gasteiger partial charge in [0.05, 0.1) is 0 Å². The summed E-state index contributed by atoms with van der Waals surface area (Å²) in [4.78, 5) is 22.5. The molecule has 2 nitrogen and oxygen atoms in total. The fourth-order valence-electron chi connectivity index (χ4n) is 0.991. The molecular formula is C10H11O2Ru. The maximum atomic E-state index is 11.2. The van der Waals surface area contributed by atoms with Crippen LogP contribution in [0.3, 0.4) is 0 Å². The molecule has 0 fully saturated rings. The summed E-state index contributed by atoms with van der Waals surface area (Å²) >= 11 is -2.06. The number of hydrogen-bond acceptors (Lipinski definition) is 2. The summed E-state index contributed by atoms with van der Waals surface area (Å²) in [6.07, 6.45) is 0. The number of benzene rings is 1. The van der Waals surface area contributed by atoms with E-state index in [1.807, 2.05) is 30.3 Å². The minimum absolute atomic E-state index is 0.0449. The van der Waals surface area contributed by atoms with Crippen LogP contribution >= 0.6 is 0 Å². The Hall–Kier alpha value is -0.817. The summed E-state index contributed by atoms with van der Waals surface area (Å²) in [5.41, 5.74) is 0. The Morgan fingerprint density at radius 3 is 1.85 bits per heavy atom. The second-order valence-corrected chi connectivity index (χ2v) is 7.21. The van der Waals surface area contributed by atoms with Crippen LogP contribution in [0.4, 0.5) is 0 Å². The fraction of sp³-hybridized carbons (Fsp3) is 0.200. The summed E-state index contributed by atoms with van der Waals surface area (Å²) < 4.78 is 1.01. The Kier molecular flexibility index (Phi) is 3.50. The van der Waals surface area contributed by atoms with Gasteiger partial charge in [-0.05, 0) is 0 Å². The number of hydrogen-bond donors (Lipinski definition) is 0. The first kappa shape index (κ1) is 10.3. The van der Waals surface area contributed by atoms with Crippen LogP contribution in [0, 0.1) is 0 Å². The molecule has 13 heavy (non-hydrogen) atoms. The van der Waals surface area contributed by atoms with E-state index in [-0.39, 0.29) is 8.76 Å². The zero-order chi connectivity index (χ0) is 9.84. The molecule has 0 aliphatic carbocycles. The second kappa shape index (κ2) is 4.43. The molecule has 0 saturated heterocycles. The third kappa shape index (κ3) is 2.56. The molecule has 0 N–H and O–H groups in total. The molecule has 0 amide bonds. The zero-order valence-electron chi connectivity index (χ0n) is 7.56. The SMILES string of the molecule is C[C](=O)[Ru]([C](C)=O)[c]1ccccc1. The van der Waals surface area contributed by atoms with E-state index < -0.39 is 16.0 Å². The Labute approximate surface area is 82.9 Å². The van der Waals surface area contributed by atoms with Gasteiger partial charge in [-0.2, -0.15) is 0 Å². The maximum absolute atomic E-state index is 11.2. The van der Waals surface area contributed by atoms with Crippen molar-refractivity contribution in [1.82, 2.24) is 0 Å². The molecule has 0 unspecified atom stereocenters. The van der Waals surface area contributed by atoms with Gasteiger partial charge in [-0.25, -0.2) is 0 Å². The molecule has 3 heteroatoms. The van der Waals surface area contributed by atoms with E-state index in [0.29, 0.717) is 0 Å². The molecule has 0 heterocycles. The minimum atomic E-state index is -2.06. The van der Waals surface area contributed by atoms with E-state index in [4.69, 9.17) is 0 Å². The first-order chi connectivity index (χ1) is 6.13. The van der Waals surface area contributed by atoms with Crippen LogP contribution in [0.2, 0.25) is 0 Å². The van der Waals surface area contributed by atoms with Gasteiger partial charge in [0.1, 0.15) is 0 Å². The van der Waals surface area contributed by atoms with Gasteiger partial charge in [0, 0.05) is 0 Å². The van der Waals surface area contributed by atoms with Crippen LogP contribution in [-0.4, -0.2) is 8.76 Å². The Morgan fingerprint density at radius 1 is 1.00 bits per heavy atom. The average Bonchev–Trinajstić information content (AvgIpc) is 2.04. The summed E-state index contributed by atoms with van der Waals surface area (Å²) in [6.45, 7) is 3.01. The van der Waals surface area contributed by atoms with Crippen LogP contribution < -0.4 is 4.16 Å². The number of carbonyl (C=O) groups is 2. The van der Waals surface area contributed by atoms with Crippen molar-refractivity contribution < 1.29 is 25.5 Å². The molecule has 1 aromatic rings. The first-order valence-corrected chi connectivity index (χ1v) is 6.46. The number of carbonyl (C=O) groups excluding carboxylic acids is 2. The zero-order valence-corrected chi connectivity index (χ0v) is 9.29. The van der Waals surface area contributed by atoms with E-state index >= 15 is 0 Å². The Morgan fingerprint density at radius 2 is 1.46 bits per heavy atom. The summed E-state index contributed by atoms with van der Waals surface area (Å²) in [5.74, 6) is 0. The van der Waals surface area contributed by atoms with Crippen LogP contribution in [0.1, 0.15) is 13.8 Å². The Balaban J connectivity index is 3.03. The van der Waals surface area contributed by atoms with Crippen LogP contribution in [0.5, 0.6) is 0 Å². The summed E-state index contributed by atoms with van der Waals surface area (Å²) in [5, 5.41) is 0. The molecule has 0 bridgehead atoms. The van der Waals surface area contributed by atoms with Crippen molar-refractivity contribution in [2.75, 3.05) is 0 Å². The molecule has 0 radical (unpaired) electrons. The summed E-state index contributed by atoms with van der Waals surface area (Å²) in [6, 6.07) is 9.34. The molecule has 0 spiro atoms. The topological polar surface area (TPSA) is 34.1 Å². The normalized spacial score (nSPS) is 10.8. The van der Waals surface area contributed by atoms with Crippen molar-refractivity contribution >= 4 is 12.9 Å². The molecular weight excluding hydrogens is 253 g/mol. The van der Waals surface area contributed by atoms with E-state index in [1.54, 1.807) is 0 Å². The van der Waals surface area contributed by atoms with Gasteiger partial charge in [0.2, 0.25) is 0 Å². The van der Waals surface area contributed by atoms with E-state index in [2.05, 4.69) is 0 Å². The number of rotatable bonds is 3. The first-order valence-electron chi connectivity index (χ1n) is 3.85. The molecule has 1 rings (SSSR count). The van der Waals surface area contributed by atoms with E-state index in [9.17, 15) is 9.59 Å². The quantitative estimate of drug-likeness (QED) is 0.764. The van der Waals surface area contributed by atoms with Crippen molar-refractivity contribution in [3.8, 4) is 0 Å². The van der Waals surface area contributed by atoms with Gasteiger partial charge in [-0.15, -0.1) is 0 Å². The molecule has 71 valence electrons. The van der Waals surface area contributed by atoms with Gasteiger partial charge in [0.15, 0.2) is 0 Å². The van der Waals surface area contributed by atoms with E-state index in [1.165, 1.54) is 13.8 Å². The Bertz CT molecular complexity index is 305. The predicted molar refractivity (Wildman–Crippen MR) is 47.4 cm³/mol. The van der Waals surface area contributed by atoms with Gasteiger partial charge >= 0.3 is 82.6 Å². The fourth-order valence-corrected chi connectivity index (χ4v) is 4.18. The van der Waals surface area contributed by atoms with Crippen molar-refractivity contribution in [1.29, 1.82) is 0 Å². The third-order valence-corrected chi connectivity index (χ3v) is 5.46. The van der Waals surface area contributed by atoms with Gasteiger partial charge in [0.25, 0.3) is 0 Å². The predicted octanol–water partition coefficient (Wildman–Crippen LogP) is 1.02. The standard InChI is InChI=1S/C6H5.2C2H3O.Ru/c1-2-4-6-5-3-1;2*1-2-3;/h1-5H;2*1H3;. The van der Waals surface area contributed by atoms with Crippen LogP contribution in [0.15, 0.2) is 30.3 Å². The summed E-state index contributed by atoms with van der Waals surface area (Å²) in [7, 11) is 0. The van der Waals surface area contributed by atoms with Gasteiger partial charge in [-0.3, -0.25) is 0 Å². The van der Waals surface area contributed by atoms with Crippen LogP contribution in [-0.2, 0) is 25.5 Å². The van der Waals surface area contributed by atoms with Gasteiger partial charge in [-0.1, -0.05) is 0 Å².